The van der Waals surface area contributed by atoms with Gasteiger partial charge in [0.25, 0.3) is 0 Å². The number of aliphatic imine (C=N–C) groups is 1. The highest BCUT2D eigenvalue weighted by atomic mass is 16.5. The molecule has 0 fully saturated rings. The lowest BCUT2D eigenvalue weighted by Gasteiger charge is -2.37. The maximum atomic E-state index is 14.1. The molecule has 0 saturated heterocycles. The van der Waals surface area contributed by atoms with Crippen LogP contribution in [0.2, 0.25) is 0 Å². The smallest absolute Gasteiger partial charge is 0.341 e. The molecular weight excluding hydrogens is 486 g/mol. The van der Waals surface area contributed by atoms with Crippen molar-refractivity contribution >= 4 is 11.8 Å². The lowest BCUT2D eigenvalue weighted by Crippen LogP contribution is -2.44. The molecule has 0 N–H and O–H groups in total. The van der Waals surface area contributed by atoms with E-state index in [2.05, 4.69) is 23.1 Å². The fourth-order valence-electron chi connectivity index (χ4n) is 5.15. The first-order valence-electron chi connectivity index (χ1n) is 12.9. The Morgan fingerprint density at radius 3 is 2.15 bits per heavy atom. The molecule has 5 rings (SSSR count). The summed E-state index contributed by atoms with van der Waals surface area (Å²) in [6.45, 7) is 2.53. The molecule has 1 aliphatic heterocycles. The molecule has 4 aromatic carbocycles. The molecule has 6 nitrogen and oxygen atoms in total. The number of hydrogen-bond donors (Lipinski definition) is 0. The molecule has 1 heterocycles. The molecule has 1 aliphatic rings. The van der Waals surface area contributed by atoms with E-state index in [0.717, 1.165) is 28.0 Å². The minimum absolute atomic E-state index is 0.222. The van der Waals surface area contributed by atoms with Crippen molar-refractivity contribution in [3.05, 3.63) is 137 Å². The number of hydrogen-bond acceptors (Lipinski definition) is 6. The predicted molar refractivity (Wildman–Crippen MR) is 150 cm³/mol. The van der Waals surface area contributed by atoms with Gasteiger partial charge >= 0.3 is 5.97 Å². The Balaban J connectivity index is 1.79. The zero-order valence-electron chi connectivity index (χ0n) is 22.0. The number of methoxy groups -OCH3 is 1. The largest absolute Gasteiger partial charge is 0.497 e. The van der Waals surface area contributed by atoms with Crippen molar-refractivity contribution in [1.29, 1.82) is 5.26 Å². The van der Waals surface area contributed by atoms with Gasteiger partial charge in [0, 0.05) is 12.1 Å². The molecule has 2 atom stereocenters. The highest BCUT2D eigenvalue weighted by Gasteiger charge is 2.57. The van der Waals surface area contributed by atoms with Gasteiger partial charge < -0.3 is 14.4 Å². The van der Waals surface area contributed by atoms with E-state index < -0.39 is 17.6 Å². The standard InChI is InChI=1S/C33H29N3O3/c1-3-39-32(37)33(28-12-8-5-9-13-28)30(26-16-14-24(22-34)15-17-26)36(23-25-10-6-4-7-11-25)31(35-33)27-18-20-29(38-2)21-19-27/h4-21,30H,3,23H2,1-2H3/t30-,33-/m1/s1. The fourth-order valence-corrected chi connectivity index (χ4v) is 5.15. The summed E-state index contributed by atoms with van der Waals surface area (Å²) in [4.78, 5) is 21.6. The molecule has 0 unspecified atom stereocenters. The number of rotatable bonds is 8. The van der Waals surface area contributed by atoms with E-state index in [1.165, 1.54) is 0 Å². The van der Waals surface area contributed by atoms with E-state index >= 15 is 0 Å². The summed E-state index contributed by atoms with van der Waals surface area (Å²) < 4.78 is 11.1. The topological polar surface area (TPSA) is 74.9 Å². The summed E-state index contributed by atoms with van der Waals surface area (Å²) in [6, 6.07) is 36.4. The fraction of sp³-hybridized carbons (Fsp3) is 0.182. The van der Waals surface area contributed by atoms with E-state index in [9.17, 15) is 10.1 Å². The molecule has 0 spiro atoms. The Morgan fingerprint density at radius 1 is 0.923 bits per heavy atom. The van der Waals surface area contributed by atoms with Crippen molar-refractivity contribution in [2.45, 2.75) is 25.0 Å². The van der Waals surface area contributed by atoms with Crippen molar-refractivity contribution in [3.8, 4) is 11.8 Å². The van der Waals surface area contributed by atoms with E-state index in [-0.39, 0.29) is 6.61 Å². The van der Waals surface area contributed by atoms with Crippen LogP contribution in [0.5, 0.6) is 5.75 Å². The molecule has 39 heavy (non-hydrogen) atoms. The first-order valence-corrected chi connectivity index (χ1v) is 12.9. The zero-order valence-corrected chi connectivity index (χ0v) is 22.0. The van der Waals surface area contributed by atoms with Gasteiger partial charge in [0.05, 0.1) is 31.4 Å². The second-order valence-electron chi connectivity index (χ2n) is 9.27. The van der Waals surface area contributed by atoms with Gasteiger partial charge in [-0.05, 0) is 60.0 Å². The van der Waals surface area contributed by atoms with Crippen LogP contribution in [0.25, 0.3) is 0 Å². The normalized spacial score (nSPS) is 18.2. The second-order valence-corrected chi connectivity index (χ2v) is 9.27. The molecule has 4 aromatic rings. The number of carbonyl (C=O) groups is 1. The van der Waals surface area contributed by atoms with Crippen LogP contribution in [0.1, 0.15) is 40.8 Å². The quantitative estimate of drug-likeness (QED) is 0.268. The summed E-state index contributed by atoms with van der Waals surface area (Å²) >= 11 is 0. The van der Waals surface area contributed by atoms with Gasteiger partial charge in [-0.1, -0.05) is 72.8 Å². The van der Waals surface area contributed by atoms with Gasteiger partial charge in [-0.2, -0.15) is 5.26 Å². The summed E-state index contributed by atoms with van der Waals surface area (Å²) in [5.74, 6) is 0.982. The van der Waals surface area contributed by atoms with Crippen LogP contribution in [-0.4, -0.2) is 30.4 Å². The molecule has 0 amide bonds. The summed E-state index contributed by atoms with van der Waals surface area (Å²) in [6.07, 6.45) is 0. The third kappa shape index (κ3) is 4.87. The van der Waals surface area contributed by atoms with E-state index in [1.54, 1.807) is 26.2 Å². The van der Waals surface area contributed by atoms with Crippen molar-refractivity contribution < 1.29 is 14.3 Å². The number of nitriles is 1. The van der Waals surface area contributed by atoms with Gasteiger partial charge in [0.2, 0.25) is 5.54 Å². The van der Waals surface area contributed by atoms with Crippen LogP contribution in [0.4, 0.5) is 0 Å². The third-order valence-electron chi connectivity index (χ3n) is 6.96. The lowest BCUT2D eigenvalue weighted by molar-refractivity contribution is -0.151. The number of nitrogens with zero attached hydrogens (tertiary/aromatic N) is 3. The third-order valence-corrected chi connectivity index (χ3v) is 6.96. The van der Waals surface area contributed by atoms with Crippen LogP contribution in [-0.2, 0) is 21.6 Å². The van der Waals surface area contributed by atoms with Crippen LogP contribution >= 0.6 is 0 Å². The molecule has 6 heteroatoms. The Hall–Kier alpha value is -4.89. The van der Waals surface area contributed by atoms with Crippen LogP contribution in [0, 0.1) is 11.3 Å². The number of amidine groups is 1. The summed E-state index contributed by atoms with van der Waals surface area (Å²) in [5.41, 5.74) is 2.69. The van der Waals surface area contributed by atoms with Gasteiger partial charge in [0.1, 0.15) is 11.6 Å². The summed E-state index contributed by atoms with van der Waals surface area (Å²) in [7, 11) is 1.63. The number of esters is 1. The van der Waals surface area contributed by atoms with Crippen LogP contribution in [0.15, 0.2) is 114 Å². The van der Waals surface area contributed by atoms with Crippen molar-refractivity contribution in [2.75, 3.05) is 13.7 Å². The molecular formula is C33H29N3O3. The average Bonchev–Trinajstić information content (AvgIpc) is 3.34. The molecule has 0 bridgehead atoms. The van der Waals surface area contributed by atoms with Gasteiger partial charge in [-0.3, -0.25) is 0 Å². The predicted octanol–water partition coefficient (Wildman–Crippen LogP) is 6.03. The van der Waals surface area contributed by atoms with Gasteiger partial charge in [0.15, 0.2) is 0 Å². The molecule has 0 aliphatic carbocycles. The van der Waals surface area contributed by atoms with Crippen molar-refractivity contribution in [2.24, 2.45) is 4.99 Å². The minimum Gasteiger partial charge on any atom is -0.497 e. The zero-order chi connectivity index (χ0) is 27.2. The molecule has 194 valence electrons. The Labute approximate surface area is 228 Å². The monoisotopic (exact) mass is 515 g/mol. The number of benzene rings is 4. The van der Waals surface area contributed by atoms with Crippen LogP contribution in [0.3, 0.4) is 0 Å². The van der Waals surface area contributed by atoms with E-state index in [0.29, 0.717) is 17.9 Å². The van der Waals surface area contributed by atoms with Crippen molar-refractivity contribution in [1.82, 2.24) is 4.90 Å². The summed E-state index contributed by atoms with van der Waals surface area (Å²) in [5, 5.41) is 9.45. The minimum atomic E-state index is -1.38. The van der Waals surface area contributed by atoms with Crippen LogP contribution < -0.4 is 4.74 Å². The van der Waals surface area contributed by atoms with E-state index in [4.69, 9.17) is 14.5 Å². The Kier molecular flexibility index (Phi) is 7.42. The highest BCUT2D eigenvalue weighted by molar-refractivity contribution is 6.04. The second kappa shape index (κ2) is 11.2. The van der Waals surface area contributed by atoms with Gasteiger partial charge in [-0.15, -0.1) is 0 Å². The molecule has 0 aromatic heterocycles. The molecule has 0 saturated carbocycles. The van der Waals surface area contributed by atoms with Gasteiger partial charge in [-0.25, -0.2) is 9.79 Å². The maximum Gasteiger partial charge on any atom is 0.341 e. The van der Waals surface area contributed by atoms with Crippen molar-refractivity contribution in [3.63, 3.8) is 0 Å². The first kappa shape index (κ1) is 25.7. The lowest BCUT2D eigenvalue weighted by atomic mass is 9.79. The highest BCUT2D eigenvalue weighted by Crippen LogP contribution is 2.50. The first-order chi connectivity index (χ1) is 19.1. The Bertz CT molecular complexity index is 1490. The molecule has 0 radical (unpaired) electrons. The number of ether oxygens (including phenoxy) is 2. The number of carbonyl (C=O) groups excluding carboxylic acids is 1. The average molecular weight is 516 g/mol. The maximum absolute atomic E-state index is 14.1. The SMILES string of the molecule is CCOC(=O)[C@]1(c2ccccc2)N=C(c2ccc(OC)cc2)N(Cc2ccccc2)[C@@H]1c1ccc(C#N)cc1. The van der Waals surface area contributed by atoms with E-state index in [1.807, 2.05) is 84.9 Å². The Morgan fingerprint density at radius 2 is 1.56 bits per heavy atom.